The molecule has 8 rings (SSSR count). The van der Waals surface area contributed by atoms with E-state index in [9.17, 15) is 0 Å². The van der Waals surface area contributed by atoms with Gasteiger partial charge in [-0.1, -0.05) is 166 Å². The zero-order chi connectivity index (χ0) is 29.9. The molecule has 6 aromatic carbocycles. The number of hydrogen-bond acceptors (Lipinski definition) is 1. The SMILES string of the molecule is CC1(C)c2ccccc2-c2c1ccc1c2Oc2c(-c3ccc(/C=C/c4ccccc4)cc3)cccc2C1(C)c1ccccc1. The zero-order valence-electron chi connectivity index (χ0n) is 25.3. The predicted octanol–water partition coefficient (Wildman–Crippen LogP) is 11.3. The molecule has 44 heavy (non-hydrogen) atoms. The monoisotopic (exact) mass is 566 g/mol. The van der Waals surface area contributed by atoms with Gasteiger partial charge in [-0.05, 0) is 45.9 Å². The van der Waals surface area contributed by atoms with Crippen molar-refractivity contribution in [2.75, 3.05) is 0 Å². The number of ether oxygens (including phenoxy) is 1. The van der Waals surface area contributed by atoms with Crippen molar-refractivity contribution in [3.8, 4) is 33.8 Å². The van der Waals surface area contributed by atoms with E-state index in [0.717, 1.165) is 22.6 Å². The Labute approximate surface area is 260 Å². The molecule has 6 aromatic rings. The Bertz CT molecular complexity index is 2050. The van der Waals surface area contributed by atoms with Crippen molar-refractivity contribution < 1.29 is 4.74 Å². The van der Waals surface area contributed by atoms with Crippen LogP contribution in [0.15, 0.2) is 140 Å². The Morgan fingerprint density at radius 1 is 0.455 bits per heavy atom. The van der Waals surface area contributed by atoms with E-state index in [2.05, 4.69) is 166 Å². The fourth-order valence-electron chi connectivity index (χ4n) is 7.39. The summed E-state index contributed by atoms with van der Waals surface area (Å²) in [5.74, 6) is 1.92. The molecule has 0 aromatic heterocycles. The van der Waals surface area contributed by atoms with E-state index in [4.69, 9.17) is 4.74 Å². The molecule has 0 saturated carbocycles. The molecule has 212 valence electrons. The van der Waals surface area contributed by atoms with Gasteiger partial charge in [0.25, 0.3) is 0 Å². The number of benzene rings is 6. The predicted molar refractivity (Wildman–Crippen MR) is 183 cm³/mol. The average molecular weight is 567 g/mol. The minimum Gasteiger partial charge on any atom is -0.455 e. The van der Waals surface area contributed by atoms with Gasteiger partial charge in [-0.3, -0.25) is 0 Å². The van der Waals surface area contributed by atoms with Crippen LogP contribution in [0.4, 0.5) is 0 Å². The van der Waals surface area contributed by atoms with Crippen LogP contribution in [0.1, 0.15) is 59.7 Å². The van der Waals surface area contributed by atoms with Crippen LogP contribution >= 0.6 is 0 Å². The Kier molecular flexibility index (Phi) is 6.00. The molecule has 0 saturated heterocycles. The molecule has 1 nitrogen and oxygen atoms in total. The van der Waals surface area contributed by atoms with Gasteiger partial charge in [0, 0.05) is 33.1 Å². The first-order valence-corrected chi connectivity index (χ1v) is 15.4. The lowest BCUT2D eigenvalue weighted by Crippen LogP contribution is -2.30. The van der Waals surface area contributed by atoms with Crippen molar-refractivity contribution >= 4 is 12.2 Å². The van der Waals surface area contributed by atoms with Gasteiger partial charge in [0.1, 0.15) is 11.5 Å². The fraction of sp³-hybridized carbons (Fsp3) is 0.116. The van der Waals surface area contributed by atoms with Crippen LogP contribution in [0, 0.1) is 0 Å². The smallest absolute Gasteiger partial charge is 0.140 e. The molecular formula is C43H34O. The van der Waals surface area contributed by atoms with Crippen LogP contribution in [0.5, 0.6) is 11.5 Å². The third-order valence-corrected chi connectivity index (χ3v) is 9.84. The first kappa shape index (κ1) is 26.5. The first-order chi connectivity index (χ1) is 21.5. The second-order valence-electron chi connectivity index (χ2n) is 12.7. The van der Waals surface area contributed by atoms with E-state index >= 15 is 0 Å². The molecule has 0 spiro atoms. The first-order valence-electron chi connectivity index (χ1n) is 15.4. The standard InChI is InChI=1S/C43H34O/c1-42(2)35-19-11-10-17-34(35)39-36(42)27-28-38-41(39)44-40-33(18-12-20-37(40)43(38,3)32-15-8-5-9-16-32)31-25-23-30(24-26-31)22-21-29-13-6-4-7-14-29/h4-28H,1-3H3/b22-21+. The number of para-hydroxylation sites is 1. The van der Waals surface area contributed by atoms with Crippen LogP contribution < -0.4 is 4.74 Å². The molecule has 1 aliphatic heterocycles. The molecule has 0 fully saturated rings. The maximum atomic E-state index is 7.19. The Morgan fingerprint density at radius 3 is 1.77 bits per heavy atom. The summed E-state index contributed by atoms with van der Waals surface area (Å²) in [6.45, 7) is 7.02. The van der Waals surface area contributed by atoms with E-state index in [1.807, 2.05) is 6.07 Å². The largest absolute Gasteiger partial charge is 0.455 e. The van der Waals surface area contributed by atoms with Gasteiger partial charge < -0.3 is 4.74 Å². The maximum absolute atomic E-state index is 7.19. The number of hydrogen-bond donors (Lipinski definition) is 0. The van der Waals surface area contributed by atoms with Gasteiger partial charge in [-0.2, -0.15) is 0 Å². The quantitative estimate of drug-likeness (QED) is 0.193. The van der Waals surface area contributed by atoms with Gasteiger partial charge >= 0.3 is 0 Å². The van der Waals surface area contributed by atoms with Crippen molar-refractivity contribution in [1.82, 2.24) is 0 Å². The van der Waals surface area contributed by atoms with E-state index in [1.165, 1.54) is 50.1 Å². The van der Waals surface area contributed by atoms with E-state index in [0.29, 0.717) is 0 Å². The zero-order valence-corrected chi connectivity index (χ0v) is 25.3. The third-order valence-electron chi connectivity index (χ3n) is 9.84. The topological polar surface area (TPSA) is 9.23 Å². The summed E-state index contributed by atoms with van der Waals surface area (Å²) < 4.78 is 7.19. The highest BCUT2D eigenvalue weighted by atomic mass is 16.5. The molecule has 1 unspecified atom stereocenters. The Morgan fingerprint density at radius 2 is 1.02 bits per heavy atom. The summed E-state index contributed by atoms with van der Waals surface area (Å²) >= 11 is 0. The highest BCUT2D eigenvalue weighted by Crippen LogP contribution is 2.61. The number of fused-ring (bicyclic) bond motifs is 6. The van der Waals surface area contributed by atoms with Crippen molar-refractivity contribution in [1.29, 1.82) is 0 Å². The lowest BCUT2D eigenvalue weighted by molar-refractivity contribution is 0.429. The van der Waals surface area contributed by atoms with Crippen molar-refractivity contribution in [2.24, 2.45) is 0 Å². The maximum Gasteiger partial charge on any atom is 0.140 e. The Hall–Kier alpha value is -5.14. The number of rotatable bonds is 4. The second-order valence-corrected chi connectivity index (χ2v) is 12.7. The fourth-order valence-corrected chi connectivity index (χ4v) is 7.39. The van der Waals surface area contributed by atoms with Gasteiger partial charge in [0.15, 0.2) is 0 Å². The van der Waals surface area contributed by atoms with Gasteiger partial charge in [-0.15, -0.1) is 0 Å². The molecule has 1 heteroatoms. The lowest BCUT2D eigenvalue weighted by atomic mass is 9.67. The van der Waals surface area contributed by atoms with E-state index in [-0.39, 0.29) is 5.41 Å². The minimum atomic E-state index is -0.394. The molecule has 1 heterocycles. The highest BCUT2D eigenvalue weighted by Gasteiger charge is 2.45. The molecule has 0 N–H and O–H groups in total. The van der Waals surface area contributed by atoms with Crippen LogP contribution in [-0.4, -0.2) is 0 Å². The summed E-state index contributed by atoms with van der Waals surface area (Å²) in [6.07, 6.45) is 4.33. The second kappa shape index (κ2) is 9.96. The molecule has 1 aliphatic carbocycles. The summed E-state index contributed by atoms with van der Waals surface area (Å²) in [4.78, 5) is 0. The highest BCUT2D eigenvalue weighted by molar-refractivity contribution is 5.89. The van der Waals surface area contributed by atoms with Crippen molar-refractivity contribution in [2.45, 2.75) is 31.6 Å². The normalized spacial score (nSPS) is 17.3. The van der Waals surface area contributed by atoms with Gasteiger partial charge in [-0.25, -0.2) is 0 Å². The average Bonchev–Trinajstić information content (AvgIpc) is 3.31. The summed E-state index contributed by atoms with van der Waals surface area (Å²) in [5.41, 5.74) is 13.0. The van der Waals surface area contributed by atoms with Gasteiger partial charge in [0.2, 0.25) is 0 Å². The summed E-state index contributed by atoms with van der Waals surface area (Å²) in [5, 5.41) is 0. The molecule has 0 bridgehead atoms. The van der Waals surface area contributed by atoms with Crippen LogP contribution in [0.3, 0.4) is 0 Å². The van der Waals surface area contributed by atoms with Crippen molar-refractivity contribution in [3.05, 3.63) is 178 Å². The molecular weight excluding hydrogens is 532 g/mol. The Balaban J connectivity index is 1.31. The molecule has 0 radical (unpaired) electrons. The van der Waals surface area contributed by atoms with E-state index in [1.54, 1.807) is 0 Å². The van der Waals surface area contributed by atoms with Gasteiger partial charge in [0.05, 0.1) is 0 Å². The van der Waals surface area contributed by atoms with Crippen molar-refractivity contribution in [3.63, 3.8) is 0 Å². The van der Waals surface area contributed by atoms with Crippen LogP contribution in [0.25, 0.3) is 34.4 Å². The van der Waals surface area contributed by atoms with E-state index < -0.39 is 5.41 Å². The third kappa shape index (κ3) is 3.93. The molecule has 0 amide bonds. The van der Waals surface area contributed by atoms with Crippen LogP contribution in [-0.2, 0) is 10.8 Å². The summed E-state index contributed by atoms with van der Waals surface area (Å²) in [7, 11) is 0. The summed E-state index contributed by atoms with van der Waals surface area (Å²) in [6, 6.07) is 50.3. The molecule has 1 atom stereocenters. The lowest BCUT2D eigenvalue weighted by Gasteiger charge is -2.40. The van der Waals surface area contributed by atoms with Crippen LogP contribution in [0.2, 0.25) is 0 Å². The molecule has 2 aliphatic rings. The minimum absolute atomic E-state index is 0.101.